The van der Waals surface area contributed by atoms with Crippen LogP contribution in [0.3, 0.4) is 0 Å². The van der Waals surface area contributed by atoms with Gasteiger partial charge in [0.1, 0.15) is 17.7 Å². The van der Waals surface area contributed by atoms with Gasteiger partial charge in [0, 0.05) is 6.07 Å². The van der Waals surface area contributed by atoms with E-state index in [1.54, 1.807) is 0 Å². The van der Waals surface area contributed by atoms with Crippen molar-refractivity contribution in [3.8, 4) is 0 Å². The normalized spacial score (nSPS) is 12.4. The van der Waals surface area contributed by atoms with Crippen LogP contribution in [0.5, 0.6) is 0 Å². The monoisotopic (exact) mass is 425 g/mol. The zero-order chi connectivity index (χ0) is 22.2. The third kappa shape index (κ3) is 12.3. The fourth-order valence-electron chi connectivity index (χ4n) is 3.94. The van der Waals surface area contributed by atoms with Crippen LogP contribution >= 0.6 is 0 Å². The molecule has 0 fully saturated rings. The molecule has 172 valence electrons. The molecule has 5 heteroatoms. The number of benzene rings is 1. The number of halogens is 2. The highest BCUT2D eigenvalue weighted by molar-refractivity contribution is 5.73. The number of carboxylic acid groups (broad SMARTS) is 1. The summed E-state index contributed by atoms with van der Waals surface area (Å²) in [5, 5.41) is 12.7. The lowest BCUT2D eigenvalue weighted by Gasteiger charge is -2.21. The van der Waals surface area contributed by atoms with Crippen LogP contribution in [0.15, 0.2) is 18.2 Å². The number of hydrogen-bond donors (Lipinski definition) is 2. The van der Waals surface area contributed by atoms with Gasteiger partial charge in [0.2, 0.25) is 0 Å². The Kier molecular flexibility index (Phi) is 14.4. The number of unbranched alkanes of at least 4 members (excludes halogenated alkanes) is 8. The summed E-state index contributed by atoms with van der Waals surface area (Å²) in [6.45, 7) is 5.05. The summed E-state index contributed by atoms with van der Waals surface area (Å²) in [4.78, 5) is 11.7. The van der Waals surface area contributed by atoms with Crippen LogP contribution in [0.25, 0.3) is 0 Å². The van der Waals surface area contributed by atoms with Gasteiger partial charge >= 0.3 is 5.97 Å². The summed E-state index contributed by atoms with van der Waals surface area (Å²) in [5.74, 6) is -1.89. The Morgan fingerprint density at radius 2 is 1.37 bits per heavy atom. The van der Waals surface area contributed by atoms with E-state index < -0.39 is 23.6 Å². The molecule has 0 radical (unpaired) electrons. The highest BCUT2D eigenvalue weighted by Gasteiger charge is 2.20. The van der Waals surface area contributed by atoms with E-state index in [4.69, 9.17) is 0 Å². The fourth-order valence-corrected chi connectivity index (χ4v) is 3.94. The number of nitrogens with one attached hydrogen (secondary N) is 1. The zero-order valence-corrected chi connectivity index (χ0v) is 18.9. The minimum Gasteiger partial charge on any atom is -0.480 e. The quantitative estimate of drug-likeness (QED) is 0.252. The van der Waals surface area contributed by atoms with Crippen LogP contribution in [-0.2, 0) is 11.2 Å². The topological polar surface area (TPSA) is 49.3 Å². The lowest BCUT2D eigenvalue weighted by molar-refractivity contribution is -0.139. The summed E-state index contributed by atoms with van der Waals surface area (Å²) in [5.41, 5.74) is 0.364. The molecule has 30 heavy (non-hydrogen) atoms. The van der Waals surface area contributed by atoms with E-state index in [-0.39, 0.29) is 6.42 Å². The number of hydrogen-bond acceptors (Lipinski definition) is 2. The molecule has 0 amide bonds. The molecular formula is C25H41F2NO2. The van der Waals surface area contributed by atoms with Gasteiger partial charge in [-0.15, -0.1) is 0 Å². The van der Waals surface area contributed by atoms with Crippen molar-refractivity contribution in [3.63, 3.8) is 0 Å². The molecule has 0 spiro atoms. The Hall–Kier alpha value is -1.49. The number of aliphatic carboxylic acids is 1. The van der Waals surface area contributed by atoms with E-state index >= 15 is 0 Å². The second-order valence-electron chi connectivity index (χ2n) is 8.55. The predicted octanol–water partition coefficient (Wildman–Crippen LogP) is 6.89. The Bertz CT molecular complexity index is 560. The summed E-state index contributed by atoms with van der Waals surface area (Å²) >= 11 is 0. The van der Waals surface area contributed by atoms with Gasteiger partial charge in [-0.05, 0) is 49.4 Å². The Morgan fingerprint density at radius 1 is 0.867 bits per heavy atom. The first kappa shape index (κ1) is 26.5. The number of carbonyl (C=O) groups is 1. The molecule has 0 saturated heterocycles. The van der Waals surface area contributed by atoms with Gasteiger partial charge < -0.3 is 10.4 Å². The maximum absolute atomic E-state index is 13.4. The first-order valence-electron chi connectivity index (χ1n) is 11.9. The zero-order valence-electron chi connectivity index (χ0n) is 18.9. The van der Waals surface area contributed by atoms with Crippen molar-refractivity contribution in [2.75, 3.05) is 6.54 Å². The maximum atomic E-state index is 13.4. The smallest absolute Gasteiger partial charge is 0.321 e. The average Bonchev–Trinajstić information content (AvgIpc) is 2.69. The molecule has 1 unspecified atom stereocenters. The molecule has 2 N–H and O–H groups in total. The van der Waals surface area contributed by atoms with Crippen molar-refractivity contribution in [2.24, 2.45) is 5.92 Å². The molecule has 1 atom stereocenters. The largest absolute Gasteiger partial charge is 0.480 e. The van der Waals surface area contributed by atoms with Crippen LogP contribution in [0.2, 0.25) is 0 Å². The summed E-state index contributed by atoms with van der Waals surface area (Å²) in [6, 6.07) is 2.38. The van der Waals surface area contributed by atoms with E-state index in [1.165, 1.54) is 76.3 Å². The van der Waals surface area contributed by atoms with E-state index in [2.05, 4.69) is 19.2 Å². The molecule has 0 aromatic heterocycles. The van der Waals surface area contributed by atoms with Gasteiger partial charge in [0.05, 0.1) is 0 Å². The average molecular weight is 426 g/mol. The Labute approximate surface area is 181 Å². The third-order valence-electron chi connectivity index (χ3n) is 5.75. The second-order valence-corrected chi connectivity index (χ2v) is 8.55. The molecule has 0 aliphatic heterocycles. The highest BCUT2D eigenvalue weighted by Crippen LogP contribution is 2.19. The Balaban J connectivity index is 2.57. The van der Waals surface area contributed by atoms with Crippen LogP contribution in [0, 0.1) is 17.6 Å². The van der Waals surface area contributed by atoms with Gasteiger partial charge in [-0.1, -0.05) is 78.1 Å². The van der Waals surface area contributed by atoms with Gasteiger partial charge in [0.15, 0.2) is 0 Å². The van der Waals surface area contributed by atoms with Crippen molar-refractivity contribution >= 4 is 5.97 Å². The van der Waals surface area contributed by atoms with Gasteiger partial charge in [-0.2, -0.15) is 0 Å². The lowest BCUT2D eigenvalue weighted by Crippen LogP contribution is -2.41. The third-order valence-corrected chi connectivity index (χ3v) is 5.75. The number of carboxylic acids is 1. The predicted molar refractivity (Wildman–Crippen MR) is 120 cm³/mol. The SMILES string of the molecule is CCCCCCCC(CCCCCCC)CNC(Cc1cc(F)cc(F)c1)C(=O)O. The molecule has 0 bridgehead atoms. The molecular weight excluding hydrogens is 384 g/mol. The lowest BCUT2D eigenvalue weighted by atomic mass is 9.93. The van der Waals surface area contributed by atoms with Gasteiger partial charge in [0.25, 0.3) is 0 Å². The summed E-state index contributed by atoms with van der Waals surface area (Å²) in [6.07, 6.45) is 14.6. The molecule has 0 heterocycles. The van der Waals surface area contributed by atoms with Crippen molar-refractivity contribution in [1.29, 1.82) is 0 Å². The number of rotatable bonds is 18. The minimum absolute atomic E-state index is 0.0731. The van der Waals surface area contributed by atoms with E-state index in [0.717, 1.165) is 18.9 Å². The van der Waals surface area contributed by atoms with Crippen LogP contribution in [-0.4, -0.2) is 23.7 Å². The van der Waals surface area contributed by atoms with Crippen molar-refractivity contribution < 1.29 is 18.7 Å². The first-order chi connectivity index (χ1) is 14.5. The minimum atomic E-state index is -0.982. The molecule has 1 aromatic rings. The highest BCUT2D eigenvalue weighted by atomic mass is 19.1. The van der Waals surface area contributed by atoms with Gasteiger partial charge in [-0.3, -0.25) is 4.79 Å². The molecule has 1 aromatic carbocycles. The van der Waals surface area contributed by atoms with E-state index in [1.807, 2.05) is 0 Å². The summed E-state index contributed by atoms with van der Waals surface area (Å²) in [7, 11) is 0. The molecule has 0 aliphatic rings. The van der Waals surface area contributed by atoms with Crippen molar-refractivity contribution in [1.82, 2.24) is 5.32 Å². The van der Waals surface area contributed by atoms with Crippen LogP contribution in [0.4, 0.5) is 8.78 Å². The summed E-state index contributed by atoms with van der Waals surface area (Å²) < 4.78 is 26.9. The molecule has 0 saturated carbocycles. The van der Waals surface area contributed by atoms with Gasteiger partial charge in [-0.25, -0.2) is 8.78 Å². The van der Waals surface area contributed by atoms with Crippen molar-refractivity contribution in [2.45, 2.75) is 103 Å². The van der Waals surface area contributed by atoms with Crippen LogP contribution in [0.1, 0.15) is 96.5 Å². The Morgan fingerprint density at radius 3 is 1.83 bits per heavy atom. The van der Waals surface area contributed by atoms with E-state index in [9.17, 15) is 18.7 Å². The van der Waals surface area contributed by atoms with Crippen LogP contribution < -0.4 is 5.32 Å². The van der Waals surface area contributed by atoms with Crippen molar-refractivity contribution in [3.05, 3.63) is 35.4 Å². The fraction of sp³-hybridized carbons (Fsp3) is 0.720. The molecule has 1 rings (SSSR count). The first-order valence-corrected chi connectivity index (χ1v) is 11.9. The molecule has 0 aliphatic carbocycles. The molecule has 3 nitrogen and oxygen atoms in total. The second kappa shape index (κ2) is 16.2. The van der Waals surface area contributed by atoms with E-state index in [0.29, 0.717) is 18.0 Å². The standard InChI is InChI=1S/C25H41F2NO2/c1-3-5-7-9-11-13-20(14-12-10-8-6-4-2)19-28-24(25(29)30)17-21-15-22(26)18-23(27)16-21/h15-16,18,20,24,28H,3-14,17,19H2,1-2H3,(H,29,30). The maximum Gasteiger partial charge on any atom is 0.321 e.